The number of nitrogens with one attached hydrogen (secondary N) is 3. The first-order valence-corrected chi connectivity index (χ1v) is 18.9. The second-order valence-electron chi connectivity index (χ2n) is 13.5. The van der Waals surface area contributed by atoms with Gasteiger partial charge in [0.25, 0.3) is 27.7 Å². The number of primary amides is 1. The van der Waals surface area contributed by atoms with Crippen molar-refractivity contribution < 1.29 is 41.6 Å². The third kappa shape index (κ3) is 8.77. The highest BCUT2D eigenvalue weighted by Crippen LogP contribution is 2.24. The number of fused-ring (bicyclic) bond motifs is 1. The predicted molar refractivity (Wildman–Crippen MR) is 197 cm³/mol. The molecule has 284 valence electrons. The number of carbonyl (C=O) groups excluding carboxylic acids is 6. The Morgan fingerprint density at radius 2 is 1.43 bits per heavy atom. The van der Waals surface area contributed by atoms with Crippen LogP contribution >= 0.6 is 11.6 Å². The highest BCUT2D eigenvalue weighted by molar-refractivity contribution is 7.90. The molecule has 0 saturated carbocycles. The maximum Gasteiger partial charge on any atom is 0.266 e. The normalized spacial score (nSPS) is 15.5. The first-order valence-electron chi connectivity index (χ1n) is 17.1. The Labute approximate surface area is 316 Å². The fraction of sp³-hybridized carbons (Fsp3) is 0.324. The van der Waals surface area contributed by atoms with E-state index in [4.69, 9.17) is 21.8 Å². The van der Waals surface area contributed by atoms with Crippen LogP contribution in [0.3, 0.4) is 0 Å². The Hall–Kier alpha value is -5.61. The molecule has 1 aliphatic heterocycles. The number of amides is 5. The number of aromatic nitrogens is 1. The topological polar surface area (TPSA) is 228 Å². The third-order valence-corrected chi connectivity index (χ3v) is 10.5. The molecule has 2 heterocycles. The number of hydrogen-bond donors (Lipinski definition) is 4. The van der Waals surface area contributed by atoms with E-state index < -0.39 is 75.3 Å². The lowest BCUT2D eigenvalue weighted by atomic mass is 9.98. The van der Waals surface area contributed by atoms with Crippen molar-refractivity contribution >= 4 is 68.0 Å². The van der Waals surface area contributed by atoms with Gasteiger partial charge in [-0.2, -0.15) is 0 Å². The van der Waals surface area contributed by atoms with E-state index in [1.165, 1.54) is 71.6 Å². The fourth-order valence-electron chi connectivity index (χ4n) is 5.95. The fourth-order valence-corrected chi connectivity index (χ4v) is 7.05. The first kappa shape index (κ1) is 39.6. The second kappa shape index (κ2) is 16.2. The number of ketones is 1. The predicted octanol–water partition coefficient (Wildman–Crippen LogP) is 3.47. The van der Waals surface area contributed by atoms with Crippen molar-refractivity contribution in [3.63, 3.8) is 0 Å². The molecule has 0 spiro atoms. The Morgan fingerprint density at radius 1 is 0.833 bits per heavy atom. The number of carbonyl (C=O) groups is 6. The van der Waals surface area contributed by atoms with Crippen molar-refractivity contribution in [3.8, 4) is 0 Å². The van der Waals surface area contributed by atoms with Gasteiger partial charge in [-0.1, -0.05) is 39.3 Å². The third-order valence-electron chi connectivity index (χ3n) is 8.95. The lowest BCUT2D eigenvalue weighted by Crippen LogP contribution is -2.57. The molecule has 1 fully saturated rings. The lowest BCUT2D eigenvalue weighted by molar-refractivity contribution is -0.140. The van der Waals surface area contributed by atoms with Crippen molar-refractivity contribution in [1.29, 1.82) is 0 Å². The zero-order valence-corrected chi connectivity index (χ0v) is 31.4. The number of oxazole rings is 1. The summed E-state index contributed by atoms with van der Waals surface area (Å²) in [7, 11) is -4.19. The smallest absolute Gasteiger partial charge is 0.266 e. The minimum absolute atomic E-state index is 0.0296. The molecule has 0 bridgehead atoms. The number of nitrogens with zero attached hydrogens (tertiary/aromatic N) is 2. The van der Waals surface area contributed by atoms with Crippen LogP contribution in [0.2, 0.25) is 5.02 Å². The van der Waals surface area contributed by atoms with Crippen LogP contribution in [0.25, 0.3) is 11.1 Å². The SMILES string of the molecule is CC(C)C(NC(=O)C1CCCN1C(=O)C(NC(=O)c1ccc(C(=O)NS(=O)(=O)c2ccc(Cl)cc2)cc1)C(C)C)C(=O)c1nc2cc(C(N)=O)ccc2o1. The summed E-state index contributed by atoms with van der Waals surface area (Å²) in [6.45, 7) is 7.19. The maximum atomic E-state index is 13.9. The van der Waals surface area contributed by atoms with Crippen LogP contribution in [0.1, 0.15) is 82.3 Å². The number of nitrogens with two attached hydrogens (primary N) is 1. The Bertz CT molecular complexity index is 2220. The quantitative estimate of drug-likeness (QED) is 0.145. The molecule has 54 heavy (non-hydrogen) atoms. The Balaban J connectivity index is 1.24. The van der Waals surface area contributed by atoms with Crippen molar-refractivity contribution in [1.82, 2.24) is 25.2 Å². The van der Waals surface area contributed by atoms with Crippen LogP contribution in [0.4, 0.5) is 0 Å². The molecule has 0 aliphatic carbocycles. The molecule has 5 amide bonds. The highest BCUT2D eigenvalue weighted by atomic mass is 35.5. The van der Waals surface area contributed by atoms with Gasteiger partial charge in [0, 0.05) is 28.3 Å². The van der Waals surface area contributed by atoms with E-state index in [9.17, 15) is 37.2 Å². The number of likely N-dealkylation sites (tertiary alicyclic amines) is 1. The van der Waals surface area contributed by atoms with Crippen LogP contribution in [-0.2, 0) is 19.6 Å². The minimum atomic E-state index is -4.19. The van der Waals surface area contributed by atoms with Crippen molar-refractivity contribution in [3.05, 3.63) is 94.3 Å². The summed E-state index contributed by atoms with van der Waals surface area (Å²) in [5.41, 5.74) is 6.12. The molecule has 3 aromatic carbocycles. The molecule has 3 unspecified atom stereocenters. The molecule has 0 radical (unpaired) electrons. The molecule has 5 N–H and O–H groups in total. The average Bonchev–Trinajstić information content (AvgIpc) is 3.80. The van der Waals surface area contributed by atoms with Crippen molar-refractivity contribution in [2.45, 2.75) is 63.6 Å². The lowest BCUT2D eigenvalue weighted by Gasteiger charge is -2.31. The van der Waals surface area contributed by atoms with E-state index in [0.29, 0.717) is 17.9 Å². The zero-order chi connectivity index (χ0) is 39.5. The molecular weight excluding hydrogens is 740 g/mol. The molecule has 1 aromatic heterocycles. The van der Waals surface area contributed by atoms with Gasteiger partial charge in [-0.05, 0) is 91.4 Å². The monoisotopic (exact) mass is 778 g/mol. The van der Waals surface area contributed by atoms with Crippen molar-refractivity contribution in [2.24, 2.45) is 17.6 Å². The van der Waals surface area contributed by atoms with E-state index in [0.717, 1.165) is 0 Å². The maximum absolute atomic E-state index is 13.9. The molecule has 3 atom stereocenters. The second-order valence-corrected chi connectivity index (χ2v) is 15.6. The average molecular weight is 779 g/mol. The van der Waals surface area contributed by atoms with E-state index >= 15 is 0 Å². The zero-order valence-electron chi connectivity index (χ0n) is 29.8. The summed E-state index contributed by atoms with van der Waals surface area (Å²) in [6, 6.07) is 11.8. The summed E-state index contributed by atoms with van der Waals surface area (Å²) < 4.78 is 32.8. The van der Waals surface area contributed by atoms with Gasteiger partial charge < -0.3 is 25.7 Å². The standard InChI is InChI=1S/C37H39ClN6O9S/c1-19(2)29(31(45)36-40-26-18-23(32(39)46)11-16-28(26)53-36)41-35(49)27-6-5-17-44(27)37(50)30(20(3)4)42-33(47)21-7-9-22(10-8-21)34(48)43-54(51,52)25-14-12-24(38)13-15-25/h7-16,18-20,27,29-30H,5-6,17H2,1-4H3,(H2,39,46)(H,41,49)(H,42,47)(H,43,48). The van der Waals surface area contributed by atoms with Gasteiger partial charge in [-0.25, -0.2) is 18.1 Å². The summed E-state index contributed by atoms with van der Waals surface area (Å²) in [5.74, 6) is -4.90. The number of benzene rings is 3. The Morgan fingerprint density at radius 3 is 2.02 bits per heavy atom. The number of Topliss-reactive ketones (excluding diaryl/α,β-unsaturated/α-hetero) is 1. The Kier molecular flexibility index (Phi) is 11.9. The van der Waals surface area contributed by atoms with Gasteiger partial charge in [-0.15, -0.1) is 0 Å². The molecule has 1 saturated heterocycles. The van der Waals surface area contributed by atoms with Gasteiger partial charge in [0.15, 0.2) is 5.58 Å². The first-order chi connectivity index (χ1) is 25.5. The van der Waals surface area contributed by atoms with E-state index in [2.05, 4.69) is 15.6 Å². The molecule has 5 rings (SSSR count). The summed E-state index contributed by atoms with van der Waals surface area (Å²) >= 11 is 5.82. The number of sulfonamides is 1. The van der Waals surface area contributed by atoms with Crippen LogP contribution in [0, 0.1) is 11.8 Å². The summed E-state index contributed by atoms with van der Waals surface area (Å²) in [4.78, 5) is 84.2. The van der Waals surface area contributed by atoms with Gasteiger partial charge >= 0.3 is 0 Å². The molecule has 1 aliphatic rings. The van der Waals surface area contributed by atoms with Crippen LogP contribution in [0.5, 0.6) is 0 Å². The van der Waals surface area contributed by atoms with E-state index in [-0.39, 0.29) is 45.1 Å². The number of rotatable bonds is 13. The van der Waals surface area contributed by atoms with E-state index in [1.54, 1.807) is 27.7 Å². The van der Waals surface area contributed by atoms with Crippen LogP contribution in [0.15, 0.2) is 76.0 Å². The van der Waals surface area contributed by atoms with Gasteiger partial charge in [0.2, 0.25) is 23.5 Å². The number of hydrogen-bond acceptors (Lipinski definition) is 10. The van der Waals surface area contributed by atoms with Crippen LogP contribution < -0.4 is 21.1 Å². The highest BCUT2D eigenvalue weighted by Gasteiger charge is 2.40. The van der Waals surface area contributed by atoms with Gasteiger partial charge in [0.05, 0.1) is 10.9 Å². The molecule has 4 aromatic rings. The van der Waals surface area contributed by atoms with Crippen LogP contribution in [-0.4, -0.2) is 78.3 Å². The molecule has 15 nitrogen and oxygen atoms in total. The van der Waals surface area contributed by atoms with Gasteiger partial charge in [-0.3, -0.25) is 28.8 Å². The molecule has 17 heteroatoms. The summed E-state index contributed by atoms with van der Waals surface area (Å²) in [5, 5.41) is 5.83. The van der Waals surface area contributed by atoms with E-state index in [1.807, 2.05) is 4.72 Å². The van der Waals surface area contributed by atoms with Gasteiger partial charge in [0.1, 0.15) is 17.6 Å². The van der Waals surface area contributed by atoms with Crippen molar-refractivity contribution in [2.75, 3.05) is 6.54 Å². The molecular formula is C37H39ClN6O9S. The number of halogens is 1. The largest absolute Gasteiger partial charge is 0.434 e. The minimum Gasteiger partial charge on any atom is -0.434 e. The summed E-state index contributed by atoms with van der Waals surface area (Å²) in [6.07, 6.45) is 0.832.